The van der Waals surface area contributed by atoms with Gasteiger partial charge in [-0.05, 0) is 49.9 Å². The Bertz CT molecular complexity index is 876. The third-order valence-electron chi connectivity index (χ3n) is 4.08. The van der Waals surface area contributed by atoms with E-state index in [0.29, 0.717) is 11.0 Å². The molecular formula is C18H20ClK2N3O6. The number of ether oxygens (including phenoxy) is 2. The monoisotopic (exact) mass is 487 g/mol. The van der Waals surface area contributed by atoms with Crippen LogP contribution in [0.2, 0.25) is 5.15 Å². The van der Waals surface area contributed by atoms with Gasteiger partial charge in [0.2, 0.25) is 5.88 Å². The number of carboxylic acid groups (broad SMARTS) is 2. The fraction of sp³-hybridized carbons (Fsp3) is 0.444. The third-order valence-corrected chi connectivity index (χ3v) is 4.29. The summed E-state index contributed by atoms with van der Waals surface area (Å²) < 4.78 is 10.6. The number of fused-ring (bicyclic) bond motifs is 1. The number of methoxy groups -OCH3 is 1. The zero-order valence-corrected chi connectivity index (χ0v) is 24.7. The zero-order valence-electron chi connectivity index (χ0n) is 17.7. The van der Waals surface area contributed by atoms with Crippen molar-refractivity contribution < 1.29 is 132 Å². The molecule has 2 heterocycles. The first-order valence-corrected chi connectivity index (χ1v) is 8.83. The summed E-state index contributed by atoms with van der Waals surface area (Å²) in [5, 5.41) is 22.0. The van der Waals surface area contributed by atoms with Crippen LogP contribution in [0.5, 0.6) is 5.88 Å². The zero-order chi connectivity index (χ0) is 20.9. The standard InChI is InChI=1S/C17H20ClN3O3.CH2O3.2K/c1-17(2,21-9-15(22)23-3)13-8-20-16(24-10-4-5-10)12-7-19-14(18)6-11(12)13;2-1(3)4;;/h6-8,10,21H,4-5,9H2,1-3H3;(H2,2,3,4);;/q;;2*+1/p-2. The molecule has 1 N–H and O–H groups in total. The van der Waals surface area contributed by atoms with Crippen molar-refractivity contribution >= 4 is 34.5 Å². The van der Waals surface area contributed by atoms with Gasteiger partial charge in [0.05, 0.1) is 19.0 Å². The minimum Gasteiger partial charge on any atom is -0.652 e. The van der Waals surface area contributed by atoms with E-state index in [1.54, 1.807) is 18.5 Å². The summed E-state index contributed by atoms with van der Waals surface area (Å²) in [6.45, 7) is 4.05. The Kier molecular flexibility index (Phi) is 14.3. The number of aromatic nitrogens is 2. The summed E-state index contributed by atoms with van der Waals surface area (Å²) >= 11 is 6.09. The van der Waals surface area contributed by atoms with E-state index in [9.17, 15) is 4.79 Å². The summed E-state index contributed by atoms with van der Waals surface area (Å²) in [4.78, 5) is 28.4. The SMILES string of the molecule is COC(=O)CNC(C)(C)c1cnc(OC2CC2)c2cnc(Cl)cc12.O=C([O-])[O-].[K+].[K+]. The molecular weight excluding hydrogens is 468 g/mol. The van der Waals surface area contributed by atoms with E-state index in [-0.39, 0.29) is 121 Å². The van der Waals surface area contributed by atoms with Crippen LogP contribution >= 0.6 is 11.6 Å². The van der Waals surface area contributed by atoms with Gasteiger partial charge in [0.25, 0.3) is 0 Å². The van der Waals surface area contributed by atoms with Gasteiger partial charge in [-0.3, -0.25) is 10.1 Å². The van der Waals surface area contributed by atoms with Gasteiger partial charge in [-0.25, -0.2) is 9.97 Å². The summed E-state index contributed by atoms with van der Waals surface area (Å²) in [5.41, 5.74) is 0.399. The number of pyridine rings is 2. The molecule has 12 heteroatoms. The van der Waals surface area contributed by atoms with Crippen LogP contribution in [-0.2, 0) is 15.1 Å². The predicted octanol–water partition coefficient (Wildman–Crippen LogP) is -5.62. The third kappa shape index (κ3) is 9.63. The smallest absolute Gasteiger partial charge is 0.652 e. The van der Waals surface area contributed by atoms with Crippen LogP contribution in [0, 0.1) is 0 Å². The van der Waals surface area contributed by atoms with E-state index in [4.69, 9.17) is 31.3 Å². The molecule has 2 aromatic rings. The molecule has 1 fully saturated rings. The van der Waals surface area contributed by atoms with Gasteiger partial charge in [-0.15, -0.1) is 0 Å². The summed E-state index contributed by atoms with van der Waals surface area (Å²) in [5.74, 6) is 0.248. The van der Waals surface area contributed by atoms with Crippen molar-refractivity contribution in [2.45, 2.75) is 38.3 Å². The molecule has 0 radical (unpaired) electrons. The number of halogens is 1. The predicted molar refractivity (Wildman–Crippen MR) is 96.6 cm³/mol. The molecule has 1 aliphatic carbocycles. The molecule has 3 rings (SSSR count). The second kappa shape index (κ2) is 14.0. The number of nitrogens with one attached hydrogen (secondary N) is 1. The Morgan fingerprint density at radius 3 is 2.33 bits per heavy atom. The Morgan fingerprint density at radius 2 is 1.80 bits per heavy atom. The van der Waals surface area contributed by atoms with Gasteiger partial charge in [0, 0.05) is 17.9 Å². The van der Waals surface area contributed by atoms with Gasteiger partial charge in [0.15, 0.2) is 0 Å². The average molecular weight is 488 g/mol. The fourth-order valence-corrected chi connectivity index (χ4v) is 2.64. The first kappa shape index (κ1) is 30.6. The topological polar surface area (TPSA) is 137 Å². The van der Waals surface area contributed by atoms with Crippen LogP contribution < -0.4 is 123 Å². The number of carbonyl (C=O) groups is 2. The van der Waals surface area contributed by atoms with Crippen molar-refractivity contribution in [3.8, 4) is 5.88 Å². The molecule has 0 saturated heterocycles. The normalized spacial score (nSPS) is 12.5. The number of esters is 1. The Balaban J connectivity index is 0.00000129. The van der Waals surface area contributed by atoms with E-state index in [0.717, 1.165) is 29.2 Å². The van der Waals surface area contributed by atoms with Gasteiger partial charge >= 0.3 is 109 Å². The minimum absolute atomic E-state index is 0. The second-order valence-electron chi connectivity index (χ2n) is 6.65. The maximum absolute atomic E-state index is 11.4. The number of rotatable bonds is 6. The first-order chi connectivity index (χ1) is 13.1. The average Bonchev–Trinajstić information content (AvgIpc) is 3.43. The molecule has 0 bridgehead atoms. The number of hydrogen-bond acceptors (Lipinski definition) is 9. The number of carbonyl (C=O) groups excluding carboxylic acids is 2. The van der Waals surface area contributed by atoms with Crippen LogP contribution in [0.25, 0.3) is 10.8 Å². The van der Waals surface area contributed by atoms with Crippen molar-refractivity contribution in [1.82, 2.24) is 15.3 Å². The van der Waals surface area contributed by atoms with Crippen molar-refractivity contribution in [3.63, 3.8) is 0 Å². The van der Waals surface area contributed by atoms with Crippen LogP contribution in [0.15, 0.2) is 18.5 Å². The second-order valence-corrected chi connectivity index (χ2v) is 7.04. The van der Waals surface area contributed by atoms with Gasteiger partial charge in [-0.2, -0.15) is 0 Å². The van der Waals surface area contributed by atoms with Crippen molar-refractivity contribution in [3.05, 3.63) is 29.2 Å². The summed E-state index contributed by atoms with van der Waals surface area (Å²) in [6, 6.07) is 1.80. The minimum atomic E-state index is -2.33. The first-order valence-electron chi connectivity index (χ1n) is 8.45. The van der Waals surface area contributed by atoms with Gasteiger partial charge in [-0.1, -0.05) is 11.6 Å². The van der Waals surface area contributed by atoms with Gasteiger partial charge in [0.1, 0.15) is 11.3 Å². The van der Waals surface area contributed by atoms with Crippen LogP contribution in [-0.4, -0.2) is 41.9 Å². The molecule has 0 spiro atoms. The number of hydrogen-bond donors (Lipinski definition) is 1. The molecule has 1 aliphatic rings. The Morgan fingerprint density at radius 1 is 1.20 bits per heavy atom. The molecule has 2 aromatic heterocycles. The maximum Gasteiger partial charge on any atom is 1.00 e. The molecule has 30 heavy (non-hydrogen) atoms. The van der Waals surface area contributed by atoms with Crippen LogP contribution in [0.3, 0.4) is 0 Å². The number of nitrogens with zero attached hydrogens (tertiary/aromatic N) is 2. The Labute approximate surface area is 264 Å². The quantitative estimate of drug-likeness (QED) is 0.240. The Hall–Kier alpha value is 0.623. The van der Waals surface area contributed by atoms with E-state index < -0.39 is 11.7 Å². The molecule has 0 aliphatic heterocycles. The van der Waals surface area contributed by atoms with E-state index in [1.165, 1.54) is 7.11 Å². The largest absolute Gasteiger partial charge is 1.00 e. The van der Waals surface area contributed by atoms with Crippen LogP contribution in [0.1, 0.15) is 32.3 Å². The van der Waals surface area contributed by atoms with Crippen molar-refractivity contribution in [2.75, 3.05) is 13.7 Å². The molecule has 1 saturated carbocycles. The van der Waals surface area contributed by atoms with E-state index >= 15 is 0 Å². The van der Waals surface area contributed by atoms with E-state index in [1.807, 2.05) is 13.8 Å². The molecule has 0 unspecified atom stereocenters. The fourth-order valence-electron chi connectivity index (χ4n) is 2.48. The van der Waals surface area contributed by atoms with E-state index in [2.05, 4.69) is 20.0 Å². The maximum atomic E-state index is 11.4. The molecule has 0 aromatic carbocycles. The summed E-state index contributed by atoms with van der Waals surface area (Å²) in [6.07, 6.45) is 3.46. The van der Waals surface area contributed by atoms with Crippen LogP contribution in [0.4, 0.5) is 4.79 Å². The van der Waals surface area contributed by atoms with Gasteiger partial charge < -0.3 is 24.5 Å². The summed E-state index contributed by atoms with van der Waals surface area (Å²) in [7, 11) is 1.36. The van der Waals surface area contributed by atoms with Crippen molar-refractivity contribution in [2.24, 2.45) is 0 Å². The molecule has 0 atom stereocenters. The molecule has 0 amide bonds. The van der Waals surface area contributed by atoms with Crippen molar-refractivity contribution in [1.29, 1.82) is 0 Å². The molecule has 152 valence electrons. The molecule has 9 nitrogen and oxygen atoms in total.